The van der Waals surface area contributed by atoms with Crippen LogP contribution in [0.3, 0.4) is 0 Å². The van der Waals surface area contributed by atoms with Gasteiger partial charge in [-0.05, 0) is 19.8 Å². The fourth-order valence-electron chi connectivity index (χ4n) is 1.09. The number of allylic oxidation sites excluding steroid dienone is 3. The van der Waals surface area contributed by atoms with Crippen molar-refractivity contribution in [2.24, 2.45) is 11.7 Å². The molecular formula is C10H20N2. The summed E-state index contributed by atoms with van der Waals surface area (Å²) in [6.45, 7) is 8.38. The quantitative estimate of drug-likeness (QED) is 0.700. The molecule has 0 rings (SSSR count). The molecule has 0 aromatic carbocycles. The van der Waals surface area contributed by atoms with Crippen molar-refractivity contribution in [3.05, 3.63) is 23.7 Å². The van der Waals surface area contributed by atoms with Gasteiger partial charge in [0.2, 0.25) is 0 Å². The van der Waals surface area contributed by atoms with Crippen LogP contribution in [0.25, 0.3) is 0 Å². The second-order valence-electron chi connectivity index (χ2n) is 3.24. The fourth-order valence-corrected chi connectivity index (χ4v) is 1.09. The monoisotopic (exact) mass is 168 g/mol. The zero-order valence-electron chi connectivity index (χ0n) is 8.76. The zero-order valence-corrected chi connectivity index (χ0v) is 8.76. The summed E-state index contributed by atoms with van der Waals surface area (Å²) in [5.74, 6) is 0.467. The molecule has 2 heteroatoms. The molecule has 0 saturated carbocycles. The van der Waals surface area contributed by atoms with Gasteiger partial charge in [-0.25, -0.2) is 0 Å². The summed E-state index contributed by atoms with van der Waals surface area (Å²) in [4.78, 5) is 2.12. The first-order valence-electron chi connectivity index (χ1n) is 4.33. The van der Waals surface area contributed by atoms with Gasteiger partial charge < -0.3 is 10.6 Å². The number of rotatable bonds is 3. The van der Waals surface area contributed by atoms with Gasteiger partial charge in [-0.3, -0.25) is 0 Å². The molecule has 0 amide bonds. The molecule has 0 saturated heterocycles. The highest BCUT2D eigenvalue weighted by Crippen LogP contribution is 2.16. The van der Waals surface area contributed by atoms with Crippen LogP contribution < -0.4 is 5.73 Å². The Morgan fingerprint density at radius 3 is 2.17 bits per heavy atom. The van der Waals surface area contributed by atoms with Crippen LogP contribution in [-0.4, -0.2) is 11.9 Å². The lowest BCUT2D eigenvalue weighted by molar-refractivity contribution is 0.451. The van der Waals surface area contributed by atoms with Crippen molar-refractivity contribution in [2.45, 2.75) is 27.7 Å². The van der Waals surface area contributed by atoms with Crippen LogP contribution in [-0.2, 0) is 0 Å². The van der Waals surface area contributed by atoms with Gasteiger partial charge >= 0.3 is 0 Å². The van der Waals surface area contributed by atoms with Crippen molar-refractivity contribution in [1.82, 2.24) is 4.90 Å². The van der Waals surface area contributed by atoms with Gasteiger partial charge in [0, 0.05) is 24.6 Å². The van der Waals surface area contributed by atoms with Crippen molar-refractivity contribution < 1.29 is 0 Å². The molecule has 0 aromatic rings. The van der Waals surface area contributed by atoms with Crippen LogP contribution in [0, 0.1) is 5.92 Å². The summed E-state index contributed by atoms with van der Waals surface area (Å²) in [6, 6.07) is 0. The molecule has 0 radical (unpaired) electrons. The number of hydrogen-bond donors (Lipinski definition) is 1. The van der Waals surface area contributed by atoms with Crippen molar-refractivity contribution in [1.29, 1.82) is 0 Å². The van der Waals surface area contributed by atoms with E-state index in [9.17, 15) is 0 Å². The highest BCUT2D eigenvalue weighted by atomic mass is 15.1. The third kappa shape index (κ3) is 2.61. The summed E-state index contributed by atoms with van der Waals surface area (Å²) in [6.07, 6.45) is 3.75. The smallest absolute Gasteiger partial charge is 0.0355 e. The van der Waals surface area contributed by atoms with Crippen LogP contribution >= 0.6 is 0 Å². The minimum atomic E-state index is 0.467. The summed E-state index contributed by atoms with van der Waals surface area (Å²) < 4.78 is 0. The SMILES string of the molecule is C/C=C(/C)N(C)/C(=C\N)C(C)C. The standard InChI is InChI=1S/C10H20N2/c1-6-9(4)12(5)10(7-11)8(2)3/h6-8H,11H2,1-5H3/b9-6-,10-7-. The Labute approximate surface area is 75.7 Å². The van der Waals surface area contributed by atoms with Crippen LogP contribution in [0.4, 0.5) is 0 Å². The van der Waals surface area contributed by atoms with Crippen LogP contribution in [0.15, 0.2) is 23.7 Å². The molecule has 0 aliphatic heterocycles. The van der Waals surface area contributed by atoms with E-state index in [1.807, 2.05) is 14.0 Å². The highest BCUT2D eigenvalue weighted by molar-refractivity contribution is 5.10. The van der Waals surface area contributed by atoms with E-state index < -0.39 is 0 Å². The molecule has 0 spiro atoms. The third-order valence-corrected chi connectivity index (χ3v) is 2.10. The maximum atomic E-state index is 5.54. The lowest BCUT2D eigenvalue weighted by Gasteiger charge is -2.25. The largest absolute Gasteiger partial charge is 0.403 e. The Kier molecular flexibility index (Phi) is 4.49. The molecule has 0 aromatic heterocycles. The van der Waals surface area contributed by atoms with Gasteiger partial charge in [0.15, 0.2) is 0 Å². The predicted molar refractivity (Wildman–Crippen MR) is 54.3 cm³/mol. The summed E-state index contributed by atoms with van der Waals surface area (Å²) >= 11 is 0. The van der Waals surface area contributed by atoms with Crippen LogP contribution in [0.1, 0.15) is 27.7 Å². The van der Waals surface area contributed by atoms with Gasteiger partial charge in [-0.1, -0.05) is 19.9 Å². The fraction of sp³-hybridized carbons (Fsp3) is 0.600. The zero-order chi connectivity index (χ0) is 9.72. The summed E-state index contributed by atoms with van der Waals surface area (Å²) in [5, 5.41) is 0. The van der Waals surface area contributed by atoms with E-state index in [1.165, 1.54) is 5.70 Å². The summed E-state index contributed by atoms with van der Waals surface area (Å²) in [7, 11) is 2.04. The Balaban J connectivity index is 4.55. The first kappa shape index (κ1) is 11.1. The van der Waals surface area contributed by atoms with Gasteiger partial charge in [-0.15, -0.1) is 0 Å². The minimum Gasteiger partial charge on any atom is -0.403 e. The molecule has 0 aliphatic carbocycles. The molecule has 0 atom stereocenters. The maximum Gasteiger partial charge on any atom is 0.0355 e. The van der Waals surface area contributed by atoms with Crippen LogP contribution in [0.2, 0.25) is 0 Å². The van der Waals surface area contributed by atoms with E-state index in [0.29, 0.717) is 5.92 Å². The molecule has 0 unspecified atom stereocenters. The molecule has 12 heavy (non-hydrogen) atoms. The van der Waals surface area contributed by atoms with E-state index in [-0.39, 0.29) is 0 Å². The van der Waals surface area contributed by atoms with Crippen LogP contribution in [0.5, 0.6) is 0 Å². The highest BCUT2D eigenvalue weighted by Gasteiger charge is 2.08. The van der Waals surface area contributed by atoms with Gasteiger partial charge in [0.25, 0.3) is 0 Å². The Hall–Kier alpha value is -0.920. The number of hydrogen-bond acceptors (Lipinski definition) is 2. The lowest BCUT2D eigenvalue weighted by atomic mass is 10.1. The van der Waals surface area contributed by atoms with E-state index in [1.54, 1.807) is 6.20 Å². The molecule has 0 fully saturated rings. The van der Waals surface area contributed by atoms with E-state index in [2.05, 4.69) is 31.7 Å². The molecule has 2 nitrogen and oxygen atoms in total. The first-order chi connectivity index (χ1) is 5.54. The number of nitrogens with zero attached hydrogens (tertiary/aromatic N) is 1. The third-order valence-electron chi connectivity index (χ3n) is 2.10. The molecule has 2 N–H and O–H groups in total. The molecule has 0 heterocycles. The minimum absolute atomic E-state index is 0.467. The van der Waals surface area contributed by atoms with Crippen molar-refractivity contribution in [3.8, 4) is 0 Å². The number of nitrogens with two attached hydrogens (primary N) is 1. The topological polar surface area (TPSA) is 29.3 Å². The van der Waals surface area contributed by atoms with Gasteiger partial charge in [-0.2, -0.15) is 0 Å². The second kappa shape index (κ2) is 4.86. The molecule has 0 aliphatic rings. The van der Waals surface area contributed by atoms with E-state index in [0.717, 1.165) is 5.70 Å². The van der Waals surface area contributed by atoms with Gasteiger partial charge in [0.1, 0.15) is 0 Å². The van der Waals surface area contributed by atoms with E-state index in [4.69, 9.17) is 5.73 Å². The normalized spacial score (nSPS) is 13.8. The first-order valence-corrected chi connectivity index (χ1v) is 4.33. The van der Waals surface area contributed by atoms with E-state index >= 15 is 0 Å². The second-order valence-corrected chi connectivity index (χ2v) is 3.24. The van der Waals surface area contributed by atoms with Crippen molar-refractivity contribution >= 4 is 0 Å². The average molecular weight is 168 g/mol. The Bertz CT molecular complexity index is 190. The maximum absolute atomic E-state index is 5.54. The molecular weight excluding hydrogens is 148 g/mol. The Morgan fingerprint density at radius 2 is 1.92 bits per heavy atom. The van der Waals surface area contributed by atoms with Crippen molar-refractivity contribution in [2.75, 3.05) is 7.05 Å². The van der Waals surface area contributed by atoms with Gasteiger partial charge in [0.05, 0.1) is 0 Å². The summed E-state index contributed by atoms with van der Waals surface area (Å²) in [5.41, 5.74) is 7.92. The average Bonchev–Trinajstić information content (AvgIpc) is 2.03. The predicted octanol–water partition coefficient (Wildman–Crippen LogP) is 2.30. The van der Waals surface area contributed by atoms with Crippen molar-refractivity contribution in [3.63, 3.8) is 0 Å². The lowest BCUT2D eigenvalue weighted by Crippen LogP contribution is -2.20. The molecule has 70 valence electrons. The Morgan fingerprint density at radius 1 is 1.42 bits per heavy atom. The molecule has 0 bridgehead atoms.